The molecule has 1 N–H and O–H groups in total. The van der Waals surface area contributed by atoms with Gasteiger partial charge in [0.05, 0.1) is 0 Å². The van der Waals surface area contributed by atoms with Crippen molar-refractivity contribution < 1.29 is 0 Å². The number of allylic oxidation sites excluding steroid dienone is 1. The van der Waals surface area contributed by atoms with Gasteiger partial charge in [-0.1, -0.05) is 5.92 Å². The second-order valence-corrected chi connectivity index (χ2v) is 2.83. The molecule has 0 bridgehead atoms. The molecule has 1 rings (SSSR count). The zero-order valence-electron chi connectivity index (χ0n) is 3.47. The van der Waals surface area contributed by atoms with Crippen LogP contribution >= 0.6 is 21.8 Å². The Morgan fingerprint density at radius 2 is 2.71 bits per heavy atom. The maximum absolute atomic E-state index is 5.03. The van der Waals surface area contributed by atoms with Gasteiger partial charge in [0.1, 0.15) is 5.70 Å². The molecule has 0 aromatic heterocycles. The molecule has 1 nitrogen and oxygen atoms in total. The Balaban J connectivity index is 2.57. The molecule has 1 heterocycles. The van der Waals surface area contributed by atoms with E-state index in [9.17, 15) is 0 Å². The largest absolute Gasteiger partial charge is 0.313 e. The van der Waals surface area contributed by atoms with Crippen molar-refractivity contribution in [3.05, 3.63) is 11.1 Å². The molecule has 36 valence electrons. The lowest BCUT2D eigenvalue weighted by Gasteiger charge is -1.85. The van der Waals surface area contributed by atoms with Crippen LogP contribution in [0.2, 0.25) is 0 Å². The first-order valence-electron chi connectivity index (χ1n) is 1.68. The van der Waals surface area contributed by atoms with Gasteiger partial charge in [-0.2, -0.15) is 0 Å². The Bertz CT molecular complexity index is 133. The maximum atomic E-state index is 5.03. The Kier molecular flexibility index (Phi) is 1.55. The highest BCUT2D eigenvalue weighted by molar-refractivity contribution is 8.77. The van der Waals surface area contributed by atoms with Gasteiger partial charge in [0.15, 0.2) is 0 Å². The van der Waals surface area contributed by atoms with E-state index < -0.39 is 0 Å². The fraction of sp³-hybridized carbons (Fsp3) is 0. The minimum Gasteiger partial charge on any atom is -0.313 e. The molecular formula is C4H3NS2. The summed E-state index contributed by atoms with van der Waals surface area (Å²) in [5.74, 6) is 2.47. The van der Waals surface area contributed by atoms with E-state index in [4.69, 9.17) is 6.42 Å². The van der Waals surface area contributed by atoms with Gasteiger partial charge in [0, 0.05) is 16.4 Å². The van der Waals surface area contributed by atoms with Gasteiger partial charge in [0.25, 0.3) is 0 Å². The van der Waals surface area contributed by atoms with Gasteiger partial charge in [0.2, 0.25) is 0 Å². The molecule has 0 saturated heterocycles. The minimum atomic E-state index is 0.870. The van der Waals surface area contributed by atoms with E-state index in [0.29, 0.717) is 0 Å². The third-order valence-electron chi connectivity index (χ3n) is 0.521. The monoisotopic (exact) mass is 129 g/mol. The Morgan fingerprint density at radius 1 is 1.86 bits per heavy atom. The van der Waals surface area contributed by atoms with E-state index in [1.54, 1.807) is 10.8 Å². The third kappa shape index (κ3) is 1.08. The summed E-state index contributed by atoms with van der Waals surface area (Å²) in [7, 11) is 3.15. The van der Waals surface area contributed by atoms with E-state index in [1.165, 1.54) is 11.0 Å². The molecule has 0 aromatic carbocycles. The molecule has 0 aliphatic carbocycles. The van der Waals surface area contributed by atoms with Crippen LogP contribution in [0.1, 0.15) is 0 Å². The van der Waals surface area contributed by atoms with Crippen molar-refractivity contribution >= 4 is 21.8 Å². The third-order valence-corrected chi connectivity index (χ3v) is 2.08. The lowest BCUT2D eigenvalue weighted by molar-refractivity contribution is 1.35. The van der Waals surface area contributed by atoms with Crippen molar-refractivity contribution in [1.29, 1.82) is 0 Å². The highest BCUT2D eigenvalue weighted by Gasteiger charge is 1.97. The summed E-state index contributed by atoms with van der Waals surface area (Å²) < 4.78 is 2.91. The number of hydrogen-bond donors (Lipinski definition) is 1. The normalized spacial score (nSPS) is 17.3. The van der Waals surface area contributed by atoms with Crippen LogP contribution < -0.4 is 4.72 Å². The summed E-state index contributed by atoms with van der Waals surface area (Å²) >= 11 is 0. The molecule has 0 radical (unpaired) electrons. The van der Waals surface area contributed by atoms with Crippen LogP contribution in [0.5, 0.6) is 0 Å². The number of rotatable bonds is 0. The van der Waals surface area contributed by atoms with E-state index >= 15 is 0 Å². The predicted molar refractivity (Wildman–Crippen MR) is 35.2 cm³/mol. The highest BCUT2D eigenvalue weighted by atomic mass is 33.1. The SMILES string of the molecule is C#CC1=CSSN1. The van der Waals surface area contributed by atoms with Crippen LogP contribution in [-0.2, 0) is 0 Å². The molecule has 1 aliphatic rings. The standard InChI is InChI=1S/C4H3NS2/c1-2-4-3-6-7-5-4/h1,3,5H. The first-order chi connectivity index (χ1) is 3.43. The average molecular weight is 129 g/mol. The Morgan fingerprint density at radius 3 is 3.00 bits per heavy atom. The van der Waals surface area contributed by atoms with Gasteiger partial charge in [-0.25, -0.2) is 0 Å². The molecule has 0 aromatic rings. The second kappa shape index (κ2) is 2.20. The van der Waals surface area contributed by atoms with Gasteiger partial charge in [-0.3, -0.25) is 0 Å². The molecule has 3 heteroatoms. The first kappa shape index (κ1) is 4.95. The van der Waals surface area contributed by atoms with Crippen molar-refractivity contribution in [2.24, 2.45) is 0 Å². The molecular weight excluding hydrogens is 126 g/mol. The molecule has 0 unspecified atom stereocenters. The van der Waals surface area contributed by atoms with Crippen molar-refractivity contribution in [3.63, 3.8) is 0 Å². The molecule has 7 heavy (non-hydrogen) atoms. The van der Waals surface area contributed by atoms with E-state index in [1.807, 2.05) is 5.41 Å². The van der Waals surface area contributed by atoms with Crippen LogP contribution in [0.25, 0.3) is 0 Å². The molecule has 0 spiro atoms. The summed E-state index contributed by atoms with van der Waals surface area (Å²) in [6, 6.07) is 0. The summed E-state index contributed by atoms with van der Waals surface area (Å²) in [5, 5.41) is 1.91. The van der Waals surface area contributed by atoms with Crippen LogP contribution in [0, 0.1) is 12.3 Å². The molecule has 0 fully saturated rings. The van der Waals surface area contributed by atoms with Gasteiger partial charge >= 0.3 is 0 Å². The van der Waals surface area contributed by atoms with Crippen molar-refractivity contribution in [1.82, 2.24) is 4.72 Å². The van der Waals surface area contributed by atoms with Crippen LogP contribution in [0.4, 0.5) is 0 Å². The highest BCUT2D eigenvalue weighted by Crippen LogP contribution is 2.27. The van der Waals surface area contributed by atoms with Crippen LogP contribution in [0.15, 0.2) is 11.1 Å². The van der Waals surface area contributed by atoms with Gasteiger partial charge < -0.3 is 4.72 Å². The number of nitrogens with one attached hydrogen (secondary N) is 1. The van der Waals surface area contributed by atoms with Crippen LogP contribution in [-0.4, -0.2) is 0 Å². The fourth-order valence-corrected chi connectivity index (χ4v) is 1.68. The van der Waals surface area contributed by atoms with Crippen molar-refractivity contribution in [2.75, 3.05) is 0 Å². The number of hydrogen-bond acceptors (Lipinski definition) is 3. The average Bonchev–Trinajstić information content (AvgIpc) is 2.14. The Hall–Kier alpha value is -0.200. The lowest BCUT2D eigenvalue weighted by Crippen LogP contribution is -1.91. The zero-order chi connectivity index (χ0) is 5.11. The lowest BCUT2D eigenvalue weighted by atomic mass is 10.6. The molecule has 1 aliphatic heterocycles. The van der Waals surface area contributed by atoms with Gasteiger partial charge in [-0.15, -0.1) is 6.42 Å². The second-order valence-electron chi connectivity index (χ2n) is 0.957. The van der Waals surface area contributed by atoms with Crippen LogP contribution in [0.3, 0.4) is 0 Å². The molecule has 0 saturated carbocycles. The zero-order valence-corrected chi connectivity index (χ0v) is 5.10. The van der Waals surface area contributed by atoms with E-state index in [2.05, 4.69) is 10.6 Å². The molecule has 0 atom stereocenters. The minimum absolute atomic E-state index is 0.870. The predicted octanol–water partition coefficient (Wildman–Crippen LogP) is 1.36. The fourth-order valence-electron chi connectivity index (χ4n) is 0.229. The topological polar surface area (TPSA) is 12.0 Å². The summed E-state index contributed by atoms with van der Waals surface area (Å²) in [5.41, 5.74) is 0.870. The number of terminal acetylenes is 1. The first-order valence-corrected chi connectivity index (χ1v) is 3.90. The van der Waals surface area contributed by atoms with Gasteiger partial charge in [-0.05, 0) is 10.8 Å². The van der Waals surface area contributed by atoms with E-state index in [-0.39, 0.29) is 0 Å². The Labute approximate surface area is 50.5 Å². The smallest absolute Gasteiger partial charge is 0.103 e. The van der Waals surface area contributed by atoms with E-state index in [0.717, 1.165) is 5.70 Å². The van der Waals surface area contributed by atoms with Crippen molar-refractivity contribution in [3.8, 4) is 12.3 Å². The van der Waals surface area contributed by atoms with Crippen molar-refractivity contribution in [2.45, 2.75) is 0 Å². The summed E-state index contributed by atoms with van der Waals surface area (Å²) in [6.45, 7) is 0. The quantitative estimate of drug-likeness (QED) is 0.301. The summed E-state index contributed by atoms with van der Waals surface area (Å²) in [6.07, 6.45) is 5.03. The maximum Gasteiger partial charge on any atom is 0.103 e. The molecule has 0 amide bonds. The summed E-state index contributed by atoms with van der Waals surface area (Å²) in [4.78, 5) is 0.